The molecule has 3 N–H and O–H groups in total. The van der Waals surface area contributed by atoms with Crippen LogP contribution in [0.25, 0.3) is 0 Å². The maximum atomic E-state index is 12.6. The SMILES string of the molecule is C=C[C@@H]1C[C@]1(N)C(=O)OCC.O=C(O)[C@@H](Oc1cccc(C(F)(F)F)c1)c1ccc(Cl)cc1. The minimum absolute atomic E-state index is 0.113. The van der Waals surface area contributed by atoms with Crippen LogP contribution in [0.3, 0.4) is 0 Å². The van der Waals surface area contributed by atoms with E-state index in [1.807, 2.05) is 0 Å². The molecule has 10 heteroatoms. The van der Waals surface area contributed by atoms with Gasteiger partial charge in [-0.2, -0.15) is 13.2 Å². The van der Waals surface area contributed by atoms with Gasteiger partial charge in [0, 0.05) is 16.5 Å². The second-order valence-electron chi connectivity index (χ2n) is 7.22. The Balaban J connectivity index is 0.000000294. The smallest absolute Gasteiger partial charge is 0.416 e. The van der Waals surface area contributed by atoms with Crippen LogP contribution in [0.15, 0.2) is 61.2 Å². The van der Waals surface area contributed by atoms with Crippen LogP contribution in [0, 0.1) is 5.92 Å². The van der Waals surface area contributed by atoms with Crippen molar-refractivity contribution in [3.05, 3.63) is 77.3 Å². The lowest BCUT2D eigenvalue weighted by molar-refractivity contribution is -0.146. The van der Waals surface area contributed by atoms with Gasteiger partial charge in [-0.25, -0.2) is 4.79 Å². The number of hydrogen-bond acceptors (Lipinski definition) is 5. The first-order valence-corrected chi connectivity index (χ1v) is 10.2. The van der Waals surface area contributed by atoms with E-state index in [9.17, 15) is 27.9 Å². The lowest BCUT2D eigenvalue weighted by Crippen LogP contribution is -2.36. The Morgan fingerprint density at radius 2 is 1.94 bits per heavy atom. The van der Waals surface area contributed by atoms with Crippen molar-refractivity contribution in [1.29, 1.82) is 0 Å². The molecule has 3 rings (SSSR count). The fourth-order valence-electron chi connectivity index (χ4n) is 2.88. The van der Waals surface area contributed by atoms with E-state index in [1.54, 1.807) is 13.0 Å². The van der Waals surface area contributed by atoms with Crippen LogP contribution < -0.4 is 10.5 Å². The number of esters is 1. The number of alkyl halides is 3. The van der Waals surface area contributed by atoms with Gasteiger partial charge in [0.2, 0.25) is 6.10 Å². The predicted octanol–water partition coefficient (Wildman–Crippen LogP) is 5.02. The van der Waals surface area contributed by atoms with Crippen LogP contribution >= 0.6 is 11.6 Å². The van der Waals surface area contributed by atoms with Crippen LogP contribution in [0.2, 0.25) is 5.02 Å². The quantitative estimate of drug-likeness (QED) is 0.422. The summed E-state index contributed by atoms with van der Waals surface area (Å²) in [7, 11) is 0. The molecule has 178 valence electrons. The van der Waals surface area contributed by atoms with Crippen LogP contribution in [0.5, 0.6) is 5.75 Å². The van der Waals surface area contributed by atoms with Gasteiger partial charge in [0.05, 0.1) is 12.2 Å². The van der Waals surface area contributed by atoms with E-state index in [4.69, 9.17) is 26.8 Å². The number of ether oxygens (including phenoxy) is 2. The zero-order valence-electron chi connectivity index (χ0n) is 17.6. The number of nitrogens with two attached hydrogens (primary N) is 1. The molecule has 1 saturated carbocycles. The third-order valence-corrected chi connectivity index (χ3v) is 5.06. The Hall–Kier alpha value is -3.04. The number of carboxylic acid groups (broad SMARTS) is 1. The molecule has 0 spiro atoms. The van der Waals surface area contributed by atoms with Crippen molar-refractivity contribution >= 4 is 23.5 Å². The molecule has 0 amide bonds. The molecule has 0 aliphatic heterocycles. The van der Waals surface area contributed by atoms with Crippen molar-refractivity contribution < 1.29 is 37.3 Å². The van der Waals surface area contributed by atoms with Gasteiger partial charge in [0.1, 0.15) is 11.3 Å². The highest BCUT2D eigenvalue weighted by molar-refractivity contribution is 6.30. The summed E-state index contributed by atoms with van der Waals surface area (Å²) >= 11 is 5.71. The first-order chi connectivity index (χ1) is 15.4. The molecule has 0 unspecified atom stereocenters. The summed E-state index contributed by atoms with van der Waals surface area (Å²) < 4.78 is 47.9. The Labute approximate surface area is 193 Å². The van der Waals surface area contributed by atoms with Gasteiger partial charge in [-0.05, 0) is 43.7 Å². The Morgan fingerprint density at radius 1 is 1.30 bits per heavy atom. The van der Waals surface area contributed by atoms with Gasteiger partial charge in [0.15, 0.2) is 0 Å². The number of carbonyl (C=O) groups excluding carboxylic acids is 1. The summed E-state index contributed by atoms with van der Waals surface area (Å²) in [5.41, 5.74) is 4.29. The molecule has 6 nitrogen and oxygen atoms in total. The van der Waals surface area contributed by atoms with Gasteiger partial charge in [-0.3, -0.25) is 4.79 Å². The zero-order valence-corrected chi connectivity index (χ0v) is 18.4. The summed E-state index contributed by atoms with van der Waals surface area (Å²) in [6.45, 7) is 5.73. The van der Waals surface area contributed by atoms with Crippen molar-refractivity contribution in [3.8, 4) is 5.75 Å². The number of rotatable bonds is 7. The van der Waals surface area contributed by atoms with Crippen molar-refractivity contribution in [2.45, 2.75) is 31.2 Å². The van der Waals surface area contributed by atoms with Gasteiger partial charge in [-0.1, -0.05) is 35.9 Å². The molecule has 2 aromatic carbocycles. The number of halogens is 4. The number of aliphatic carboxylic acids is 1. The molecular formula is C23H23ClF3NO5. The van der Waals surface area contributed by atoms with E-state index < -0.39 is 29.4 Å². The molecule has 1 fully saturated rings. The maximum Gasteiger partial charge on any atom is 0.416 e. The number of hydrogen-bond donors (Lipinski definition) is 2. The molecule has 0 aromatic heterocycles. The normalized spacial score (nSPS) is 20.0. The fraction of sp³-hybridized carbons (Fsp3) is 0.304. The van der Waals surface area contributed by atoms with E-state index in [0.717, 1.165) is 18.2 Å². The summed E-state index contributed by atoms with van der Waals surface area (Å²) in [4.78, 5) is 22.4. The molecule has 1 aliphatic carbocycles. The maximum absolute atomic E-state index is 12.6. The highest BCUT2D eigenvalue weighted by atomic mass is 35.5. The summed E-state index contributed by atoms with van der Waals surface area (Å²) in [6.07, 6.45) is -3.58. The second-order valence-corrected chi connectivity index (χ2v) is 7.66. The lowest BCUT2D eigenvalue weighted by Gasteiger charge is -2.16. The van der Waals surface area contributed by atoms with Crippen molar-refractivity contribution in [3.63, 3.8) is 0 Å². The number of carboxylic acids is 1. The van der Waals surface area contributed by atoms with E-state index in [-0.39, 0.29) is 23.2 Å². The van der Waals surface area contributed by atoms with Gasteiger partial charge < -0.3 is 20.3 Å². The van der Waals surface area contributed by atoms with Crippen LogP contribution in [0.1, 0.15) is 30.6 Å². The molecule has 0 saturated heterocycles. The van der Waals surface area contributed by atoms with Crippen molar-refractivity contribution in [2.75, 3.05) is 6.61 Å². The first-order valence-electron chi connectivity index (χ1n) is 9.83. The summed E-state index contributed by atoms with van der Waals surface area (Å²) in [5.74, 6) is -1.69. The van der Waals surface area contributed by atoms with Gasteiger partial charge in [0.25, 0.3) is 0 Å². The van der Waals surface area contributed by atoms with Crippen molar-refractivity contribution in [2.24, 2.45) is 11.7 Å². The highest BCUT2D eigenvalue weighted by Crippen LogP contribution is 2.42. The van der Waals surface area contributed by atoms with E-state index in [1.165, 1.54) is 30.3 Å². The number of benzene rings is 2. The predicted molar refractivity (Wildman–Crippen MR) is 116 cm³/mol. The van der Waals surface area contributed by atoms with Gasteiger partial charge >= 0.3 is 18.1 Å². The van der Waals surface area contributed by atoms with Crippen LogP contribution in [0.4, 0.5) is 13.2 Å². The molecule has 0 radical (unpaired) electrons. The van der Waals surface area contributed by atoms with Crippen LogP contribution in [-0.2, 0) is 20.5 Å². The minimum atomic E-state index is -4.53. The second kappa shape index (κ2) is 10.7. The Kier molecular flexibility index (Phi) is 8.51. The monoisotopic (exact) mass is 485 g/mol. The van der Waals surface area contributed by atoms with Crippen molar-refractivity contribution in [1.82, 2.24) is 0 Å². The zero-order chi connectivity index (χ0) is 24.8. The molecule has 0 heterocycles. The van der Waals surface area contributed by atoms with E-state index >= 15 is 0 Å². The standard InChI is InChI=1S/C15H10ClF3O3.C8H13NO2/c16-11-6-4-9(5-7-11)13(14(20)21)22-12-3-1-2-10(8-12)15(17,18)19;1-3-6-5-8(6,9)7(10)11-4-2/h1-8,13H,(H,20,21);3,6H,1,4-5,9H2,2H3/t13-;6-,8-/m01/s1. The summed E-state index contributed by atoms with van der Waals surface area (Å²) in [6, 6.07) is 9.88. The average Bonchev–Trinajstić information content (AvgIpc) is 3.45. The highest BCUT2D eigenvalue weighted by Gasteiger charge is 2.56. The summed E-state index contributed by atoms with van der Waals surface area (Å²) in [5, 5.41) is 9.62. The average molecular weight is 486 g/mol. The fourth-order valence-corrected chi connectivity index (χ4v) is 3.01. The van der Waals surface area contributed by atoms with Crippen LogP contribution in [-0.4, -0.2) is 29.2 Å². The molecule has 0 bridgehead atoms. The lowest BCUT2D eigenvalue weighted by atomic mass is 10.1. The number of carbonyl (C=O) groups is 2. The third-order valence-electron chi connectivity index (χ3n) is 4.81. The Morgan fingerprint density at radius 3 is 2.42 bits per heavy atom. The molecule has 1 aliphatic rings. The topological polar surface area (TPSA) is 98.9 Å². The third kappa shape index (κ3) is 6.97. The van der Waals surface area contributed by atoms with E-state index in [0.29, 0.717) is 18.1 Å². The molecule has 33 heavy (non-hydrogen) atoms. The first kappa shape index (κ1) is 26.2. The van der Waals surface area contributed by atoms with E-state index in [2.05, 4.69) is 6.58 Å². The molecule has 2 aromatic rings. The molecule has 3 atom stereocenters. The Bertz CT molecular complexity index is 996. The molecular weight excluding hydrogens is 463 g/mol. The minimum Gasteiger partial charge on any atom is -0.478 e. The van der Waals surface area contributed by atoms with Gasteiger partial charge in [-0.15, -0.1) is 6.58 Å². The largest absolute Gasteiger partial charge is 0.478 e.